The summed E-state index contributed by atoms with van der Waals surface area (Å²) in [5.74, 6) is 1.90. The van der Waals surface area contributed by atoms with Gasteiger partial charge >= 0.3 is 12.5 Å². The molecular weight excluding hydrogens is 547 g/mol. The Morgan fingerprint density at radius 3 is 2.35 bits per heavy atom. The lowest BCUT2D eigenvalue weighted by atomic mass is 10.0. The zero-order valence-electron chi connectivity index (χ0n) is 21.0. The Kier molecular flexibility index (Phi) is 7.96. The third-order valence-electron chi connectivity index (χ3n) is 6.91. The molecule has 3 aromatic carbocycles. The first kappa shape index (κ1) is 27.5. The van der Waals surface area contributed by atoms with Gasteiger partial charge in [0.2, 0.25) is 0 Å². The van der Waals surface area contributed by atoms with Gasteiger partial charge in [-0.05, 0) is 66.5 Å². The smallest absolute Gasteiger partial charge is 0.489 e. The molecule has 10 heteroatoms. The highest BCUT2D eigenvalue weighted by Gasteiger charge is 2.40. The van der Waals surface area contributed by atoms with E-state index in [1.165, 1.54) is 23.8 Å². The van der Waals surface area contributed by atoms with Crippen LogP contribution in [0, 0.1) is 0 Å². The van der Waals surface area contributed by atoms with Gasteiger partial charge in [0.25, 0.3) is 0 Å². The maximum atomic E-state index is 13.0. The van der Waals surface area contributed by atoms with Crippen molar-refractivity contribution in [2.24, 2.45) is 0 Å². The lowest BCUT2D eigenvalue weighted by molar-refractivity contribution is -0.274. The van der Waals surface area contributed by atoms with Crippen molar-refractivity contribution in [3.8, 4) is 22.8 Å². The summed E-state index contributed by atoms with van der Waals surface area (Å²) in [6.45, 7) is 0.0801. The molecule has 4 aromatic rings. The fraction of sp³-hybridized carbons (Fsp3) is 0.267. The van der Waals surface area contributed by atoms with Gasteiger partial charge in [-0.25, -0.2) is 0 Å². The first-order valence-corrected chi connectivity index (χ1v) is 13.0. The van der Waals surface area contributed by atoms with E-state index in [4.69, 9.17) is 30.4 Å². The van der Waals surface area contributed by atoms with Gasteiger partial charge in [-0.2, -0.15) is 9.59 Å². The highest BCUT2D eigenvalue weighted by Crippen LogP contribution is 2.56. The van der Waals surface area contributed by atoms with E-state index < -0.39 is 6.36 Å². The second kappa shape index (κ2) is 11.6. The number of para-hydroxylation sites is 1. The van der Waals surface area contributed by atoms with Crippen LogP contribution in [0.5, 0.6) is 11.5 Å². The Bertz CT molecular complexity index is 1510. The van der Waals surface area contributed by atoms with Gasteiger partial charge in [-0.1, -0.05) is 65.3 Å². The lowest BCUT2D eigenvalue weighted by Gasteiger charge is -2.13. The third kappa shape index (κ3) is 6.38. The Morgan fingerprint density at radius 2 is 1.68 bits per heavy atom. The molecular formula is C30H23ClF3NO5. The van der Waals surface area contributed by atoms with E-state index >= 15 is 0 Å². The van der Waals surface area contributed by atoms with Crippen LogP contribution in [0.3, 0.4) is 0 Å². The number of rotatable bonds is 8. The number of hydrogen-bond acceptors (Lipinski definition) is 6. The predicted octanol–water partition coefficient (Wildman–Crippen LogP) is 8.04. The lowest BCUT2D eigenvalue weighted by Crippen LogP contribution is -2.17. The summed E-state index contributed by atoms with van der Waals surface area (Å²) in [6.07, 6.45) is -1.65. The second-order valence-corrected chi connectivity index (χ2v) is 10.0. The molecule has 2 aliphatic carbocycles. The molecule has 0 amide bonds. The first-order chi connectivity index (χ1) is 19.3. The molecule has 206 valence electrons. The van der Waals surface area contributed by atoms with Crippen molar-refractivity contribution in [2.45, 2.75) is 50.0 Å². The molecule has 40 heavy (non-hydrogen) atoms. The van der Waals surface area contributed by atoms with Gasteiger partial charge in [0.15, 0.2) is 0 Å². The summed E-state index contributed by atoms with van der Waals surface area (Å²) in [7, 11) is 0. The molecule has 0 bridgehead atoms. The van der Waals surface area contributed by atoms with Gasteiger partial charge in [0.05, 0.1) is 5.56 Å². The van der Waals surface area contributed by atoms with Crippen LogP contribution in [0.2, 0.25) is 5.02 Å². The molecule has 0 spiro atoms. The van der Waals surface area contributed by atoms with Crippen LogP contribution >= 0.6 is 11.6 Å². The molecule has 6 rings (SSSR count). The van der Waals surface area contributed by atoms with E-state index in [2.05, 4.69) is 22.0 Å². The van der Waals surface area contributed by atoms with Crippen molar-refractivity contribution in [3.05, 3.63) is 100 Å². The minimum Gasteiger partial charge on any atom is -0.489 e. The number of carbonyl (C=O) groups excluding carboxylic acids is 2. The van der Waals surface area contributed by atoms with E-state index in [0.717, 1.165) is 24.8 Å². The highest BCUT2D eigenvalue weighted by atomic mass is 35.5. The molecule has 2 saturated carbocycles. The fourth-order valence-corrected chi connectivity index (χ4v) is 5.19. The molecule has 2 aliphatic rings. The van der Waals surface area contributed by atoms with Crippen LogP contribution in [-0.4, -0.2) is 17.7 Å². The van der Waals surface area contributed by atoms with Crippen LogP contribution < -0.4 is 9.47 Å². The number of alkyl halides is 3. The number of hydrogen-bond donors (Lipinski definition) is 0. The maximum Gasteiger partial charge on any atom is 0.573 e. The standard InChI is InChI=1S/C29H23ClF3NO3.CO2/c30-25-14-19(12-13-20(25)23-15-22(23)17-6-2-1-3-7-17)35-16-24-27(34-37-28(24)18-10-11-18)21-8-4-5-9-26(21)36-29(31,32)33;2-1-3/h1-9,12-14,18,22-23H,10-11,15-16H2;. The number of nitrogens with zero attached hydrogens (tertiary/aromatic N) is 1. The molecule has 0 aliphatic heterocycles. The highest BCUT2D eigenvalue weighted by molar-refractivity contribution is 6.31. The SMILES string of the molecule is FC(F)(F)Oc1ccccc1-c1noc(C2CC2)c1COc1ccc(C2CC2c2ccccc2)c(Cl)c1.O=C=O. The van der Waals surface area contributed by atoms with E-state index in [1.807, 2.05) is 30.3 Å². The van der Waals surface area contributed by atoms with Gasteiger partial charge in [0.1, 0.15) is 29.6 Å². The van der Waals surface area contributed by atoms with Gasteiger partial charge in [-0.15, -0.1) is 13.2 Å². The van der Waals surface area contributed by atoms with Gasteiger partial charge < -0.3 is 14.0 Å². The fourth-order valence-electron chi connectivity index (χ4n) is 4.88. The largest absolute Gasteiger partial charge is 0.573 e. The summed E-state index contributed by atoms with van der Waals surface area (Å²) in [6, 6.07) is 22.0. The van der Waals surface area contributed by atoms with Crippen molar-refractivity contribution in [2.75, 3.05) is 0 Å². The summed E-state index contributed by atoms with van der Waals surface area (Å²) in [5.41, 5.74) is 3.50. The molecule has 2 fully saturated rings. The Hall–Kier alpha value is -4.07. The summed E-state index contributed by atoms with van der Waals surface area (Å²) >= 11 is 6.65. The van der Waals surface area contributed by atoms with Crippen LogP contribution in [0.25, 0.3) is 11.3 Å². The zero-order chi connectivity index (χ0) is 28.3. The second-order valence-electron chi connectivity index (χ2n) is 9.61. The molecule has 1 aromatic heterocycles. The van der Waals surface area contributed by atoms with Crippen LogP contribution in [0.15, 0.2) is 77.3 Å². The number of ether oxygens (including phenoxy) is 2. The summed E-state index contributed by atoms with van der Waals surface area (Å²) in [5, 5.41) is 4.76. The van der Waals surface area contributed by atoms with Crippen molar-refractivity contribution in [1.29, 1.82) is 0 Å². The summed E-state index contributed by atoms with van der Waals surface area (Å²) in [4.78, 5) is 16.2. The van der Waals surface area contributed by atoms with Crippen LogP contribution in [-0.2, 0) is 16.2 Å². The number of aromatic nitrogens is 1. The Balaban J connectivity index is 0.00000103. The van der Waals surface area contributed by atoms with Crippen molar-refractivity contribution in [3.63, 3.8) is 0 Å². The molecule has 6 nitrogen and oxygen atoms in total. The van der Waals surface area contributed by atoms with E-state index in [-0.39, 0.29) is 35.7 Å². The quantitative estimate of drug-likeness (QED) is 0.214. The number of benzene rings is 3. The minimum atomic E-state index is -4.82. The van der Waals surface area contributed by atoms with Crippen LogP contribution in [0.4, 0.5) is 13.2 Å². The van der Waals surface area contributed by atoms with E-state index in [9.17, 15) is 13.2 Å². The molecule has 0 N–H and O–H groups in total. The van der Waals surface area contributed by atoms with Crippen molar-refractivity contribution in [1.82, 2.24) is 5.16 Å². The molecule has 1 heterocycles. The van der Waals surface area contributed by atoms with Crippen LogP contribution in [0.1, 0.15) is 59.5 Å². The normalized spacial score (nSPS) is 17.8. The van der Waals surface area contributed by atoms with Gasteiger partial charge in [0, 0.05) is 16.5 Å². The molecule has 0 saturated heterocycles. The van der Waals surface area contributed by atoms with Gasteiger partial charge in [-0.3, -0.25) is 0 Å². The van der Waals surface area contributed by atoms with E-state index in [0.29, 0.717) is 33.9 Å². The zero-order valence-corrected chi connectivity index (χ0v) is 21.7. The van der Waals surface area contributed by atoms with Crippen molar-refractivity contribution < 1.29 is 36.8 Å². The third-order valence-corrected chi connectivity index (χ3v) is 7.23. The van der Waals surface area contributed by atoms with Crippen molar-refractivity contribution >= 4 is 17.8 Å². The molecule has 2 unspecified atom stereocenters. The number of halogens is 4. The topological polar surface area (TPSA) is 78.6 Å². The summed E-state index contributed by atoms with van der Waals surface area (Å²) < 4.78 is 54.9. The first-order valence-electron chi connectivity index (χ1n) is 12.6. The predicted molar refractivity (Wildman–Crippen MR) is 138 cm³/mol. The Morgan fingerprint density at radius 1 is 0.975 bits per heavy atom. The minimum absolute atomic E-state index is 0.0801. The maximum absolute atomic E-state index is 13.0. The molecule has 2 atom stereocenters. The average molecular weight is 570 g/mol. The monoisotopic (exact) mass is 569 g/mol. The molecule has 0 radical (unpaired) electrons. The van der Waals surface area contributed by atoms with E-state index in [1.54, 1.807) is 12.1 Å². The average Bonchev–Trinajstić information content (AvgIpc) is 3.86. The Labute approximate surface area is 232 Å².